The van der Waals surface area contributed by atoms with Gasteiger partial charge in [0.15, 0.2) is 23.1 Å². The minimum Gasteiger partial charge on any atom is -0.493 e. The first kappa shape index (κ1) is 15.4. The molecule has 0 aliphatic heterocycles. The van der Waals surface area contributed by atoms with Gasteiger partial charge in [0.05, 0.1) is 12.8 Å². The lowest BCUT2D eigenvalue weighted by atomic mass is 10.3. The number of para-hydroxylation sites is 2. The molecule has 1 aromatic carbocycles. The first-order chi connectivity index (χ1) is 11.3. The zero-order valence-electron chi connectivity index (χ0n) is 12.7. The van der Waals surface area contributed by atoms with Gasteiger partial charge in [-0.25, -0.2) is 4.98 Å². The maximum atomic E-state index is 11.8. The van der Waals surface area contributed by atoms with E-state index in [1.807, 2.05) is 34.3 Å². The summed E-state index contributed by atoms with van der Waals surface area (Å²) in [4.78, 5) is 17.3. The molecule has 0 saturated heterocycles. The number of fused-ring (bicyclic) bond motifs is 1. The zero-order chi connectivity index (χ0) is 16.1. The molecule has 0 unspecified atom stereocenters. The number of carbonyl (C=O) groups excluding carboxylic acids is 1. The Kier molecular flexibility index (Phi) is 4.77. The highest BCUT2D eigenvalue weighted by Gasteiger charge is 2.07. The van der Waals surface area contributed by atoms with Gasteiger partial charge < -0.3 is 14.8 Å². The summed E-state index contributed by atoms with van der Waals surface area (Å²) in [6.45, 7) is 0.484. The molecular formula is C16H17N3O3S. The van der Waals surface area contributed by atoms with E-state index in [4.69, 9.17) is 9.47 Å². The largest absolute Gasteiger partial charge is 0.493 e. The monoisotopic (exact) mass is 331 g/mol. The van der Waals surface area contributed by atoms with Crippen LogP contribution in [0.3, 0.4) is 0 Å². The molecule has 0 aliphatic carbocycles. The summed E-state index contributed by atoms with van der Waals surface area (Å²) in [5.41, 5.74) is 0.961. The van der Waals surface area contributed by atoms with Crippen molar-refractivity contribution in [2.75, 3.05) is 20.3 Å². The van der Waals surface area contributed by atoms with Crippen LogP contribution in [0.15, 0.2) is 42.0 Å². The van der Waals surface area contributed by atoms with Gasteiger partial charge in [-0.15, -0.1) is 11.3 Å². The Morgan fingerprint density at radius 3 is 2.96 bits per heavy atom. The van der Waals surface area contributed by atoms with E-state index in [9.17, 15) is 4.79 Å². The number of aromatic nitrogens is 2. The topological polar surface area (TPSA) is 64.9 Å². The van der Waals surface area contributed by atoms with E-state index in [0.717, 1.165) is 10.7 Å². The Morgan fingerprint density at radius 2 is 2.17 bits per heavy atom. The van der Waals surface area contributed by atoms with Crippen molar-refractivity contribution in [1.82, 2.24) is 14.7 Å². The lowest BCUT2D eigenvalue weighted by Gasteiger charge is -2.10. The first-order valence-corrected chi connectivity index (χ1v) is 8.08. The van der Waals surface area contributed by atoms with E-state index >= 15 is 0 Å². The highest BCUT2D eigenvalue weighted by atomic mass is 32.1. The number of benzene rings is 1. The van der Waals surface area contributed by atoms with Crippen molar-refractivity contribution in [3.05, 3.63) is 47.7 Å². The van der Waals surface area contributed by atoms with Crippen LogP contribution in [-0.4, -0.2) is 35.6 Å². The summed E-state index contributed by atoms with van der Waals surface area (Å²) in [6.07, 6.45) is 4.63. The number of hydrogen-bond donors (Lipinski definition) is 1. The van der Waals surface area contributed by atoms with E-state index in [1.54, 1.807) is 30.6 Å². The lowest BCUT2D eigenvalue weighted by molar-refractivity contribution is -0.123. The first-order valence-electron chi connectivity index (χ1n) is 7.20. The second kappa shape index (κ2) is 7.15. The molecule has 3 aromatic rings. The molecule has 0 bridgehead atoms. The quantitative estimate of drug-likeness (QED) is 0.720. The van der Waals surface area contributed by atoms with Crippen LogP contribution < -0.4 is 14.8 Å². The summed E-state index contributed by atoms with van der Waals surface area (Å²) in [5.74, 6) is 0.995. The number of hydrogen-bond acceptors (Lipinski definition) is 5. The molecule has 0 saturated carbocycles. The van der Waals surface area contributed by atoms with Gasteiger partial charge in [0.2, 0.25) is 0 Å². The van der Waals surface area contributed by atoms with E-state index < -0.39 is 0 Å². The Morgan fingerprint density at radius 1 is 1.35 bits per heavy atom. The molecule has 0 aliphatic rings. The fourth-order valence-electron chi connectivity index (χ4n) is 2.16. The number of carbonyl (C=O) groups is 1. The van der Waals surface area contributed by atoms with Crippen LogP contribution in [0.25, 0.3) is 4.96 Å². The van der Waals surface area contributed by atoms with Crippen molar-refractivity contribution in [2.45, 2.75) is 6.42 Å². The normalized spacial score (nSPS) is 10.7. The predicted molar refractivity (Wildman–Crippen MR) is 88.3 cm³/mol. The predicted octanol–water partition coefficient (Wildman–Crippen LogP) is 2.14. The van der Waals surface area contributed by atoms with Gasteiger partial charge in [-0.1, -0.05) is 12.1 Å². The van der Waals surface area contributed by atoms with E-state index in [2.05, 4.69) is 10.3 Å². The number of amides is 1. The number of thiazole rings is 1. The van der Waals surface area contributed by atoms with Crippen molar-refractivity contribution in [2.24, 2.45) is 0 Å². The van der Waals surface area contributed by atoms with Crippen LogP contribution in [0.1, 0.15) is 5.69 Å². The SMILES string of the molecule is COc1ccccc1OCC(=O)NCCc1cn2ccsc2n1. The van der Waals surface area contributed by atoms with Gasteiger partial charge in [0, 0.05) is 30.7 Å². The van der Waals surface area contributed by atoms with Crippen molar-refractivity contribution in [3.8, 4) is 11.5 Å². The molecule has 120 valence electrons. The Balaban J connectivity index is 1.43. The number of methoxy groups -OCH3 is 1. The number of ether oxygens (including phenoxy) is 2. The highest BCUT2D eigenvalue weighted by Crippen LogP contribution is 2.25. The summed E-state index contributed by atoms with van der Waals surface area (Å²) in [7, 11) is 1.57. The fraction of sp³-hybridized carbons (Fsp3) is 0.250. The molecular weight excluding hydrogens is 314 g/mol. The van der Waals surface area contributed by atoms with E-state index in [0.29, 0.717) is 24.5 Å². The molecule has 23 heavy (non-hydrogen) atoms. The molecule has 0 fully saturated rings. The molecule has 0 spiro atoms. The Hall–Kier alpha value is -2.54. The Labute approximate surface area is 137 Å². The third kappa shape index (κ3) is 3.81. The number of nitrogens with one attached hydrogen (secondary N) is 1. The summed E-state index contributed by atoms with van der Waals surface area (Å²) < 4.78 is 12.6. The molecule has 2 aromatic heterocycles. The van der Waals surface area contributed by atoms with Crippen molar-refractivity contribution in [3.63, 3.8) is 0 Å². The van der Waals surface area contributed by atoms with Crippen LogP contribution in [0.2, 0.25) is 0 Å². The molecule has 0 radical (unpaired) electrons. The summed E-state index contributed by atoms with van der Waals surface area (Å²) in [5, 5.41) is 4.81. The van der Waals surface area contributed by atoms with Crippen LogP contribution in [-0.2, 0) is 11.2 Å². The lowest BCUT2D eigenvalue weighted by Crippen LogP contribution is -2.30. The molecule has 3 rings (SSSR count). The second-order valence-corrected chi connectivity index (χ2v) is 5.74. The zero-order valence-corrected chi connectivity index (χ0v) is 13.5. The van der Waals surface area contributed by atoms with Gasteiger partial charge in [0.25, 0.3) is 5.91 Å². The minimum absolute atomic E-state index is 0.0430. The number of imidazole rings is 1. The van der Waals surface area contributed by atoms with Crippen LogP contribution in [0.4, 0.5) is 0 Å². The maximum absolute atomic E-state index is 11.8. The maximum Gasteiger partial charge on any atom is 0.257 e. The molecule has 1 N–H and O–H groups in total. The van der Waals surface area contributed by atoms with E-state index in [-0.39, 0.29) is 12.5 Å². The number of rotatable bonds is 7. The smallest absolute Gasteiger partial charge is 0.257 e. The molecule has 7 heteroatoms. The molecule has 1 amide bonds. The van der Waals surface area contributed by atoms with Gasteiger partial charge in [-0.2, -0.15) is 0 Å². The van der Waals surface area contributed by atoms with Gasteiger partial charge in [-0.05, 0) is 12.1 Å². The second-order valence-electron chi connectivity index (χ2n) is 4.86. The average Bonchev–Trinajstić information content (AvgIpc) is 3.14. The van der Waals surface area contributed by atoms with Gasteiger partial charge >= 0.3 is 0 Å². The van der Waals surface area contributed by atoms with E-state index in [1.165, 1.54) is 0 Å². The standard InChI is InChI=1S/C16H17N3O3S/c1-21-13-4-2-3-5-14(13)22-11-15(20)17-7-6-12-10-19-8-9-23-16(19)18-12/h2-5,8-10H,6-7,11H2,1H3,(H,17,20). The van der Waals surface area contributed by atoms with Crippen molar-refractivity contribution < 1.29 is 14.3 Å². The van der Waals surface area contributed by atoms with Crippen molar-refractivity contribution in [1.29, 1.82) is 0 Å². The van der Waals surface area contributed by atoms with Gasteiger partial charge in [0.1, 0.15) is 0 Å². The third-order valence-corrected chi connectivity index (χ3v) is 4.05. The molecule has 6 nitrogen and oxygen atoms in total. The summed E-state index contributed by atoms with van der Waals surface area (Å²) in [6, 6.07) is 7.24. The average molecular weight is 331 g/mol. The van der Waals surface area contributed by atoms with Crippen LogP contribution >= 0.6 is 11.3 Å². The van der Waals surface area contributed by atoms with Gasteiger partial charge in [-0.3, -0.25) is 9.20 Å². The summed E-state index contributed by atoms with van der Waals surface area (Å²) >= 11 is 1.59. The molecule has 2 heterocycles. The van der Waals surface area contributed by atoms with Crippen LogP contribution in [0.5, 0.6) is 11.5 Å². The highest BCUT2D eigenvalue weighted by molar-refractivity contribution is 7.15. The molecule has 0 atom stereocenters. The minimum atomic E-state index is -0.170. The van der Waals surface area contributed by atoms with Crippen molar-refractivity contribution >= 4 is 22.2 Å². The Bertz CT molecular complexity index is 768. The number of nitrogens with zero attached hydrogens (tertiary/aromatic N) is 2. The fourth-order valence-corrected chi connectivity index (χ4v) is 2.88. The third-order valence-electron chi connectivity index (χ3n) is 3.27. The van der Waals surface area contributed by atoms with Crippen LogP contribution in [0, 0.1) is 0 Å².